The molecule has 0 aliphatic rings. The monoisotopic (exact) mass is 308 g/mol. The summed E-state index contributed by atoms with van der Waals surface area (Å²) in [5.74, 6) is -1.10. The highest BCUT2D eigenvalue weighted by molar-refractivity contribution is 6.20. The van der Waals surface area contributed by atoms with Crippen LogP contribution in [-0.4, -0.2) is 10.1 Å². The molecule has 0 aliphatic carbocycles. The molecule has 20 heavy (non-hydrogen) atoms. The van der Waals surface area contributed by atoms with Crippen LogP contribution < -0.4 is 0 Å². The van der Waals surface area contributed by atoms with Crippen LogP contribution in [0.15, 0.2) is 22.7 Å². The second-order valence-electron chi connectivity index (χ2n) is 4.03. The zero-order chi connectivity index (χ0) is 14.9. The number of aromatic nitrogens is 2. The lowest BCUT2D eigenvalue weighted by Crippen LogP contribution is -2.05. The van der Waals surface area contributed by atoms with E-state index >= 15 is 0 Å². The molecule has 3 nitrogen and oxygen atoms in total. The maximum atomic E-state index is 13.6. The van der Waals surface area contributed by atoms with E-state index in [2.05, 4.69) is 10.1 Å². The Morgan fingerprint density at radius 1 is 1.35 bits per heavy atom. The lowest BCUT2D eigenvalue weighted by molar-refractivity contribution is -0.137. The Kier molecular flexibility index (Phi) is 3.99. The van der Waals surface area contributed by atoms with Crippen LogP contribution in [-0.2, 0) is 6.18 Å². The lowest BCUT2D eigenvalue weighted by atomic mass is 10.1. The molecule has 0 N–H and O–H groups in total. The van der Waals surface area contributed by atoms with Crippen molar-refractivity contribution in [3.63, 3.8) is 0 Å². The lowest BCUT2D eigenvalue weighted by Gasteiger charge is -2.07. The Labute approximate surface area is 116 Å². The second kappa shape index (κ2) is 5.40. The number of hydrogen-bond donors (Lipinski definition) is 0. The smallest absolute Gasteiger partial charge is 0.334 e. The van der Waals surface area contributed by atoms with Crippen molar-refractivity contribution in [2.24, 2.45) is 0 Å². The van der Waals surface area contributed by atoms with Gasteiger partial charge in [-0.3, -0.25) is 0 Å². The van der Waals surface area contributed by atoms with E-state index in [0.717, 1.165) is 0 Å². The maximum absolute atomic E-state index is 13.6. The van der Waals surface area contributed by atoms with E-state index in [4.69, 9.17) is 16.1 Å². The molecule has 1 heterocycles. The molecule has 0 saturated carbocycles. The van der Waals surface area contributed by atoms with Crippen molar-refractivity contribution in [1.29, 1.82) is 0 Å². The minimum atomic E-state index is -4.58. The van der Waals surface area contributed by atoms with Gasteiger partial charge in [0.1, 0.15) is 5.82 Å². The topological polar surface area (TPSA) is 38.9 Å². The molecular weight excluding hydrogens is 300 g/mol. The van der Waals surface area contributed by atoms with Gasteiger partial charge in [0.2, 0.25) is 0 Å². The highest BCUT2D eigenvalue weighted by Gasteiger charge is 2.32. The molecule has 0 saturated heterocycles. The normalized spacial score (nSPS) is 13.5. The van der Waals surface area contributed by atoms with Gasteiger partial charge < -0.3 is 4.52 Å². The fourth-order valence-corrected chi connectivity index (χ4v) is 1.61. The molecule has 1 aromatic heterocycles. The third-order valence-electron chi connectivity index (χ3n) is 2.60. The summed E-state index contributed by atoms with van der Waals surface area (Å²) in [4.78, 5) is 3.82. The van der Waals surface area contributed by atoms with Crippen molar-refractivity contribution in [1.82, 2.24) is 10.1 Å². The van der Waals surface area contributed by atoms with Gasteiger partial charge in [-0.05, 0) is 24.6 Å². The predicted molar refractivity (Wildman–Crippen MR) is 63.6 cm³/mol. The highest BCUT2D eigenvalue weighted by Crippen LogP contribution is 2.33. The fourth-order valence-electron chi connectivity index (χ4n) is 1.52. The number of alkyl halides is 4. The SMILES string of the molecule is CCC(Cl)c1noc(-c2cc(C(F)(F)F)ccc2F)n1. The zero-order valence-corrected chi connectivity index (χ0v) is 11.0. The average molecular weight is 309 g/mol. The largest absolute Gasteiger partial charge is 0.416 e. The summed E-state index contributed by atoms with van der Waals surface area (Å²) in [6.45, 7) is 1.78. The maximum Gasteiger partial charge on any atom is 0.416 e. The van der Waals surface area contributed by atoms with E-state index in [1.54, 1.807) is 6.92 Å². The van der Waals surface area contributed by atoms with Crippen molar-refractivity contribution < 1.29 is 22.1 Å². The van der Waals surface area contributed by atoms with E-state index in [0.29, 0.717) is 24.6 Å². The van der Waals surface area contributed by atoms with Gasteiger partial charge in [-0.2, -0.15) is 18.2 Å². The van der Waals surface area contributed by atoms with Crippen LogP contribution in [0.2, 0.25) is 0 Å². The van der Waals surface area contributed by atoms with Crippen LogP contribution in [0.1, 0.15) is 30.1 Å². The van der Waals surface area contributed by atoms with Crippen LogP contribution in [0.4, 0.5) is 17.6 Å². The standard InChI is InChI=1S/C12H9ClF4N2O/c1-2-8(13)10-18-11(20-19-10)7-5-6(12(15,16)17)3-4-9(7)14/h3-5,8H,2H2,1H3. The van der Waals surface area contributed by atoms with E-state index in [9.17, 15) is 17.6 Å². The van der Waals surface area contributed by atoms with Gasteiger partial charge in [0, 0.05) is 0 Å². The summed E-state index contributed by atoms with van der Waals surface area (Å²) < 4.78 is 56.2. The predicted octanol–water partition coefficient (Wildman–Crippen LogP) is 4.58. The van der Waals surface area contributed by atoms with Gasteiger partial charge in [-0.1, -0.05) is 12.1 Å². The molecule has 0 bridgehead atoms. The minimum Gasteiger partial charge on any atom is -0.334 e. The third-order valence-corrected chi connectivity index (χ3v) is 3.11. The van der Waals surface area contributed by atoms with Crippen molar-refractivity contribution in [3.05, 3.63) is 35.4 Å². The summed E-state index contributed by atoms with van der Waals surface area (Å²) in [6, 6.07) is 1.98. The van der Waals surface area contributed by atoms with Crippen LogP contribution in [0.5, 0.6) is 0 Å². The Morgan fingerprint density at radius 3 is 2.65 bits per heavy atom. The van der Waals surface area contributed by atoms with Crippen LogP contribution >= 0.6 is 11.6 Å². The molecule has 0 spiro atoms. The highest BCUT2D eigenvalue weighted by atomic mass is 35.5. The molecule has 8 heteroatoms. The molecule has 2 aromatic rings. The Bertz CT molecular complexity index is 612. The molecular formula is C12H9ClF4N2O. The second-order valence-corrected chi connectivity index (χ2v) is 4.55. The molecule has 0 amide bonds. The summed E-state index contributed by atoms with van der Waals surface area (Å²) in [6.07, 6.45) is -4.07. The van der Waals surface area contributed by atoms with E-state index < -0.39 is 28.5 Å². The summed E-state index contributed by atoms with van der Waals surface area (Å²) in [7, 11) is 0. The average Bonchev–Trinajstić information content (AvgIpc) is 2.86. The first kappa shape index (κ1) is 14.8. The van der Waals surface area contributed by atoms with Crippen LogP contribution in [0.3, 0.4) is 0 Å². The molecule has 108 valence electrons. The molecule has 1 unspecified atom stereocenters. The minimum absolute atomic E-state index is 0.112. The number of rotatable bonds is 3. The van der Waals surface area contributed by atoms with Gasteiger partial charge in [0.25, 0.3) is 5.89 Å². The molecule has 1 atom stereocenters. The van der Waals surface area contributed by atoms with Crippen molar-refractivity contribution in [3.8, 4) is 11.5 Å². The quantitative estimate of drug-likeness (QED) is 0.615. The van der Waals surface area contributed by atoms with Crippen LogP contribution in [0, 0.1) is 5.82 Å². The van der Waals surface area contributed by atoms with Crippen LogP contribution in [0.25, 0.3) is 11.5 Å². The first-order valence-corrected chi connectivity index (χ1v) is 6.11. The van der Waals surface area contributed by atoms with Crippen molar-refractivity contribution in [2.45, 2.75) is 24.9 Å². The molecule has 2 rings (SSSR count). The van der Waals surface area contributed by atoms with Gasteiger partial charge in [0.05, 0.1) is 16.5 Å². The van der Waals surface area contributed by atoms with Crippen molar-refractivity contribution in [2.75, 3.05) is 0 Å². The molecule has 1 aromatic carbocycles. The number of halogens is 5. The Morgan fingerprint density at radius 2 is 2.05 bits per heavy atom. The zero-order valence-electron chi connectivity index (χ0n) is 10.2. The third kappa shape index (κ3) is 2.92. The Balaban J connectivity index is 2.44. The van der Waals surface area contributed by atoms with Gasteiger partial charge >= 0.3 is 6.18 Å². The number of nitrogens with zero attached hydrogens (tertiary/aromatic N) is 2. The molecule has 0 fully saturated rings. The number of benzene rings is 1. The van der Waals surface area contributed by atoms with E-state index in [-0.39, 0.29) is 11.7 Å². The van der Waals surface area contributed by atoms with Crippen molar-refractivity contribution >= 4 is 11.6 Å². The summed E-state index contributed by atoms with van der Waals surface area (Å²) >= 11 is 5.88. The summed E-state index contributed by atoms with van der Waals surface area (Å²) in [5, 5.41) is 2.99. The van der Waals surface area contributed by atoms with Gasteiger partial charge in [-0.25, -0.2) is 4.39 Å². The summed E-state index contributed by atoms with van der Waals surface area (Å²) in [5.41, 5.74) is -1.40. The van der Waals surface area contributed by atoms with Gasteiger partial charge in [0.15, 0.2) is 5.82 Å². The molecule has 0 aliphatic heterocycles. The van der Waals surface area contributed by atoms with Gasteiger partial charge in [-0.15, -0.1) is 11.6 Å². The first-order valence-electron chi connectivity index (χ1n) is 5.67. The first-order chi connectivity index (χ1) is 9.32. The van der Waals surface area contributed by atoms with E-state index in [1.165, 1.54) is 0 Å². The van der Waals surface area contributed by atoms with E-state index in [1.807, 2.05) is 0 Å². The molecule has 0 radical (unpaired) electrons. The Hall–Kier alpha value is -1.63. The fraction of sp³-hybridized carbons (Fsp3) is 0.333. The number of hydrogen-bond acceptors (Lipinski definition) is 3.